The number of aliphatic hydroxyl groups is 1. The van der Waals surface area contributed by atoms with Gasteiger partial charge in [0, 0.05) is 18.0 Å². The topological polar surface area (TPSA) is 61.4 Å². The number of rotatable bonds is 3. The Labute approximate surface area is 123 Å². The number of halogens is 2. The summed E-state index contributed by atoms with van der Waals surface area (Å²) in [4.78, 5) is 11.6. The van der Waals surface area contributed by atoms with E-state index in [4.69, 9.17) is 0 Å². The van der Waals surface area contributed by atoms with Crippen molar-refractivity contribution in [2.45, 2.75) is 12.0 Å². The summed E-state index contributed by atoms with van der Waals surface area (Å²) in [6.45, 7) is 0.199. The van der Waals surface area contributed by atoms with Crippen molar-refractivity contribution >= 4 is 39.4 Å². The van der Waals surface area contributed by atoms with Crippen LogP contribution in [0.15, 0.2) is 22.7 Å². The first-order chi connectivity index (χ1) is 8.98. The Morgan fingerprint density at radius 1 is 1.58 bits per heavy atom. The van der Waals surface area contributed by atoms with Crippen molar-refractivity contribution in [3.8, 4) is 0 Å². The predicted molar refractivity (Wildman–Crippen MR) is 78.0 cm³/mol. The molecule has 1 fully saturated rings. The Bertz CT molecular complexity index is 481. The van der Waals surface area contributed by atoms with E-state index in [1.165, 1.54) is 12.1 Å². The fourth-order valence-corrected chi connectivity index (χ4v) is 3.27. The number of thioether (sulfide) groups is 1. The minimum atomic E-state index is -0.826. The number of carbonyl (C=O) groups is 1. The van der Waals surface area contributed by atoms with E-state index in [-0.39, 0.29) is 6.54 Å². The molecule has 0 radical (unpaired) electrons. The first kappa shape index (κ1) is 14.6. The molecule has 1 aliphatic heterocycles. The molecule has 3 N–H and O–H groups in total. The van der Waals surface area contributed by atoms with E-state index in [2.05, 4.69) is 26.6 Å². The SMILES string of the molecule is O=C(NCC1(O)CCSC1)Nc1ccc(Br)c(F)c1. The molecule has 2 amide bonds. The van der Waals surface area contributed by atoms with Crippen LogP contribution in [0.4, 0.5) is 14.9 Å². The van der Waals surface area contributed by atoms with Crippen molar-refractivity contribution in [1.29, 1.82) is 0 Å². The van der Waals surface area contributed by atoms with Gasteiger partial charge in [-0.05, 0) is 46.3 Å². The summed E-state index contributed by atoms with van der Waals surface area (Å²) < 4.78 is 13.6. The second kappa shape index (κ2) is 6.11. The molecule has 104 valence electrons. The highest BCUT2D eigenvalue weighted by molar-refractivity contribution is 9.10. The number of amides is 2. The van der Waals surface area contributed by atoms with Gasteiger partial charge in [-0.2, -0.15) is 11.8 Å². The van der Waals surface area contributed by atoms with Crippen molar-refractivity contribution in [1.82, 2.24) is 5.32 Å². The van der Waals surface area contributed by atoms with Gasteiger partial charge in [0.15, 0.2) is 0 Å². The van der Waals surface area contributed by atoms with Crippen LogP contribution in [0.5, 0.6) is 0 Å². The Balaban J connectivity index is 1.85. The number of urea groups is 1. The third-order valence-electron chi connectivity index (χ3n) is 2.84. The number of hydrogen-bond acceptors (Lipinski definition) is 3. The fourth-order valence-electron chi connectivity index (χ4n) is 1.73. The van der Waals surface area contributed by atoms with Gasteiger partial charge in [-0.25, -0.2) is 9.18 Å². The highest BCUT2D eigenvalue weighted by atomic mass is 79.9. The van der Waals surface area contributed by atoms with E-state index >= 15 is 0 Å². The minimum Gasteiger partial charge on any atom is -0.387 e. The molecule has 0 aromatic heterocycles. The van der Waals surface area contributed by atoms with Gasteiger partial charge in [-0.3, -0.25) is 0 Å². The van der Waals surface area contributed by atoms with Crippen LogP contribution in [-0.2, 0) is 0 Å². The number of nitrogens with one attached hydrogen (secondary N) is 2. The van der Waals surface area contributed by atoms with Gasteiger partial charge in [0.25, 0.3) is 0 Å². The summed E-state index contributed by atoms with van der Waals surface area (Å²) in [5, 5.41) is 15.2. The molecule has 1 heterocycles. The van der Waals surface area contributed by atoms with E-state index in [9.17, 15) is 14.3 Å². The van der Waals surface area contributed by atoms with Crippen molar-refractivity contribution in [2.24, 2.45) is 0 Å². The molecule has 1 saturated heterocycles. The molecule has 1 aromatic carbocycles. The molecular formula is C12H14BrFN2O2S. The molecule has 0 aliphatic carbocycles. The van der Waals surface area contributed by atoms with Crippen LogP contribution < -0.4 is 10.6 Å². The molecular weight excluding hydrogens is 335 g/mol. The fraction of sp³-hybridized carbons (Fsp3) is 0.417. The third kappa shape index (κ3) is 4.09. The molecule has 7 heteroatoms. The predicted octanol–water partition coefficient (Wildman–Crippen LogP) is 2.58. The normalized spacial score (nSPS) is 22.3. The molecule has 1 aliphatic rings. The van der Waals surface area contributed by atoms with Crippen molar-refractivity contribution < 1.29 is 14.3 Å². The zero-order chi connectivity index (χ0) is 13.9. The van der Waals surface area contributed by atoms with Crippen LogP contribution in [0.25, 0.3) is 0 Å². The lowest BCUT2D eigenvalue weighted by atomic mass is 10.0. The van der Waals surface area contributed by atoms with Gasteiger partial charge in [0.1, 0.15) is 5.82 Å². The monoisotopic (exact) mass is 348 g/mol. The van der Waals surface area contributed by atoms with Crippen molar-refractivity contribution in [3.05, 3.63) is 28.5 Å². The molecule has 0 bridgehead atoms. The summed E-state index contributed by atoms with van der Waals surface area (Å²) in [6.07, 6.45) is 0.671. The molecule has 19 heavy (non-hydrogen) atoms. The lowest BCUT2D eigenvalue weighted by molar-refractivity contribution is 0.0706. The Kier molecular flexibility index (Phi) is 4.70. The van der Waals surface area contributed by atoms with E-state index in [1.54, 1.807) is 17.8 Å². The average Bonchev–Trinajstić information content (AvgIpc) is 2.79. The average molecular weight is 349 g/mol. The van der Waals surface area contributed by atoms with Crippen LogP contribution in [0.2, 0.25) is 0 Å². The maximum atomic E-state index is 13.3. The largest absolute Gasteiger partial charge is 0.387 e. The van der Waals surface area contributed by atoms with Gasteiger partial charge in [0.2, 0.25) is 0 Å². The van der Waals surface area contributed by atoms with E-state index in [0.717, 1.165) is 5.75 Å². The summed E-state index contributed by atoms with van der Waals surface area (Å²) in [5.74, 6) is 1.08. The standard InChI is InChI=1S/C12H14BrFN2O2S/c13-9-2-1-8(5-10(9)14)16-11(17)15-6-12(18)3-4-19-7-12/h1-2,5,18H,3-4,6-7H2,(H2,15,16,17). The highest BCUT2D eigenvalue weighted by Crippen LogP contribution is 2.27. The number of benzene rings is 1. The highest BCUT2D eigenvalue weighted by Gasteiger charge is 2.31. The van der Waals surface area contributed by atoms with E-state index < -0.39 is 17.4 Å². The maximum Gasteiger partial charge on any atom is 0.319 e. The smallest absolute Gasteiger partial charge is 0.319 e. The van der Waals surface area contributed by atoms with E-state index in [1.807, 2.05) is 0 Å². The number of anilines is 1. The Morgan fingerprint density at radius 2 is 2.37 bits per heavy atom. The first-order valence-corrected chi connectivity index (χ1v) is 7.73. The first-order valence-electron chi connectivity index (χ1n) is 5.79. The molecule has 1 aromatic rings. The lowest BCUT2D eigenvalue weighted by Gasteiger charge is -2.21. The quantitative estimate of drug-likeness (QED) is 0.786. The molecule has 0 spiro atoms. The molecule has 1 unspecified atom stereocenters. The van der Waals surface area contributed by atoms with Crippen LogP contribution in [0, 0.1) is 5.82 Å². The summed E-state index contributed by atoms with van der Waals surface area (Å²) >= 11 is 4.70. The zero-order valence-electron chi connectivity index (χ0n) is 10.1. The summed E-state index contributed by atoms with van der Waals surface area (Å²) in [7, 11) is 0. The lowest BCUT2D eigenvalue weighted by Crippen LogP contribution is -2.44. The van der Waals surface area contributed by atoms with Crippen LogP contribution in [0.1, 0.15) is 6.42 Å². The van der Waals surface area contributed by atoms with Gasteiger partial charge < -0.3 is 15.7 Å². The van der Waals surface area contributed by atoms with Crippen LogP contribution in [0.3, 0.4) is 0 Å². The summed E-state index contributed by atoms with van der Waals surface area (Å²) in [5.41, 5.74) is -0.460. The molecule has 2 rings (SSSR count). The van der Waals surface area contributed by atoms with E-state index in [0.29, 0.717) is 22.3 Å². The Hall–Kier alpha value is -0.790. The molecule has 4 nitrogen and oxygen atoms in total. The maximum absolute atomic E-state index is 13.3. The van der Waals surface area contributed by atoms with Gasteiger partial charge >= 0.3 is 6.03 Å². The van der Waals surface area contributed by atoms with Crippen LogP contribution in [-0.4, -0.2) is 34.8 Å². The van der Waals surface area contributed by atoms with Gasteiger partial charge in [0.05, 0.1) is 10.1 Å². The van der Waals surface area contributed by atoms with Crippen molar-refractivity contribution in [3.63, 3.8) is 0 Å². The zero-order valence-corrected chi connectivity index (χ0v) is 12.5. The second-order valence-corrected chi connectivity index (χ2v) is 6.42. The number of carbonyl (C=O) groups excluding carboxylic acids is 1. The van der Waals surface area contributed by atoms with Crippen LogP contribution >= 0.6 is 27.7 Å². The third-order valence-corrected chi connectivity index (χ3v) is 4.72. The molecule has 1 atom stereocenters. The van der Waals surface area contributed by atoms with Gasteiger partial charge in [-0.15, -0.1) is 0 Å². The van der Waals surface area contributed by atoms with Gasteiger partial charge in [-0.1, -0.05) is 0 Å². The Morgan fingerprint density at radius 3 is 3.00 bits per heavy atom. The minimum absolute atomic E-state index is 0.199. The van der Waals surface area contributed by atoms with Crippen molar-refractivity contribution in [2.75, 3.05) is 23.4 Å². The molecule has 0 saturated carbocycles. The second-order valence-electron chi connectivity index (χ2n) is 4.46. The summed E-state index contributed by atoms with van der Waals surface area (Å²) in [6, 6.07) is 3.88. The number of hydrogen-bond donors (Lipinski definition) is 3.